The number of aryl methyl sites for hydroxylation is 1. The highest BCUT2D eigenvalue weighted by Gasteiger charge is 2.29. The number of hydrogen-bond acceptors (Lipinski definition) is 3. The Labute approximate surface area is 83.1 Å². The van der Waals surface area contributed by atoms with Crippen LogP contribution in [0.4, 0.5) is 4.39 Å². The van der Waals surface area contributed by atoms with Crippen LogP contribution in [-0.2, 0) is 10.8 Å². The van der Waals surface area contributed by atoms with Gasteiger partial charge in [0.25, 0.3) is 0 Å². The van der Waals surface area contributed by atoms with E-state index in [1.54, 1.807) is 12.1 Å². The smallest absolute Gasteiger partial charge is 0.390 e. The SMILES string of the molecule is CO[Si](O)(O)CCc1ccc(F)cc1. The first-order valence-corrected chi connectivity index (χ1v) is 6.29. The van der Waals surface area contributed by atoms with Crippen LogP contribution in [0.15, 0.2) is 24.3 Å². The first-order valence-electron chi connectivity index (χ1n) is 4.28. The van der Waals surface area contributed by atoms with E-state index in [4.69, 9.17) is 0 Å². The molecule has 0 fully saturated rings. The normalized spacial score (nSPS) is 11.7. The summed E-state index contributed by atoms with van der Waals surface area (Å²) >= 11 is 0. The third-order valence-corrected chi connectivity index (χ3v) is 3.53. The van der Waals surface area contributed by atoms with Crippen molar-refractivity contribution in [2.45, 2.75) is 12.5 Å². The molecule has 0 unspecified atom stereocenters. The molecule has 0 aliphatic rings. The van der Waals surface area contributed by atoms with Gasteiger partial charge in [-0.2, -0.15) is 0 Å². The summed E-state index contributed by atoms with van der Waals surface area (Å²) in [4.78, 5) is 18.5. The van der Waals surface area contributed by atoms with Crippen molar-refractivity contribution in [1.82, 2.24) is 0 Å². The molecule has 0 aliphatic heterocycles. The standard InChI is InChI=1S/C9H13FO3Si/c1-13-14(11,12)7-6-8-2-4-9(10)5-3-8/h2-5,11-12H,6-7H2,1H3. The Kier molecular flexibility index (Phi) is 3.76. The Bertz CT molecular complexity index is 287. The summed E-state index contributed by atoms with van der Waals surface area (Å²) in [7, 11) is -2.19. The molecule has 1 rings (SSSR count). The largest absolute Gasteiger partial charge is 0.495 e. The van der Waals surface area contributed by atoms with Gasteiger partial charge in [0.2, 0.25) is 0 Å². The molecule has 0 heterocycles. The highest BCUT2D eigenvalue weighted by molar-refractivity contribution is 6.57. The summed E-state index contributed by atoms with van der Waals surface area (Å²) in [6.45, 7) is 0. The van der Waals surface area contributed by atoms with E-state index in [1.807, 2.05) is 0 Å². The molecule has 1 aromatic rings. The molecule has 0 aliphatic carbocycles. The molecule has 0 radical (unpaired) electrons. The zero-order chi connectivity index (χ0) is 10.6. The number of benzene rings is 1. The summed E-state index contributed by atoms with van der Waals surface area (Å²) in [5.41, 5.74) is 0.864. The molecule has 2 N–H and O–H groups in total. The zero-order valence-corrected chi connectivity index (χ0v) is 8.90. The lowest BCUT2D eigenvalue weighted by atomic mass is 10.2. The summed E-state index contributed by atoms with van der Waals surface area (Å²) in [6.07, 6.45) is 0.480. The average molecular weight is 216 g/mol. The fraction of sp³-hybridized carbons (Fsp3) is 0.333. The van der Waals surface area contributed by atoms with E-state index in [0.29, 0.717) is 6.42 Å². The van der Waals surface area contributed by atoms with Gasteiger partial charge in [-0.3, -0.25) is 0 Å². The lowest BCUT2D eigenvalue weighted by Gasteiger charge is -2.14. The van der Waals surface area contributed by atoms with Gasteiger partial charge in [-0.1, -0.05) is 12.1 Å². The van der Waals surface area contributed by atoms with E-state index in [1.165, 1.54) is 19.2 Å². The van der Waals surface area contributed by atoms with Gasteiger partial charge in [-0.25, -0.2) is 4.39 Å². The highest BCUT2D eigenvalue weighted by atomic mass is 28.4. The molecular formula is C9H13FO3Si. The molecule has 1 aromatic carbocycles. The predicted molar refractivity (Wildman–Crippen MR) is 52.1 cm³/mol. The predicted octanol–water partition coefficient (Wildman–Crippen LogP) is 0.938. The first kappa shape index (κ1) is 11.3. The minimum absolute atomic E-state index is 0.190. The second kappa shape index (κ2) is 4.65. The lowest BCUT2D eigenvalue weighted by molar-refractivity contribution is 0.185. The molecule has 0 amide bonds. The first-order chi connectivity index (χ1) is 6.53. The average Bonchev–Trinajstić information content (AvgIpc) is 2.17. The Hall–Kier alpha value is -0.753. The molecule has 0 bridgehead atoms. The van der Waals surface area contributed by atoms with Crippen LogP contribution in [-0.4, -0.2) is 25.5 Å². The second-order valence-electron chi connectivity index (χ2n) is 3.07. The van der Waals surface area contributed by atoms with Gasteiger partial charge in [0, 0.05) is 13.2 Å². The number of halogens is 1. The van der Waals surface area contributed by atoms with Crippen LogP contribution in [0.2, 0.25) is 6.04 Å². The van der Waals surface area contributed by atoms with E-state index < -0.39 is 8.80 Å². The second-order valence-corrected chi connectivity index (χ2v) is 5.47. The number of hydrogen-bond donors (Lipinski definition) is 2. The summed E-state index contributed by atoms with van der Waals surface area (Å²) < 4.78 is 17.1. The molecule has 0 aromatic heterocycles. The minimum Gasteiger partial charge on any atom is -0.390 e. The Morgan fingerprint density at radius 1 is 1.29 bits per heavy atom. The maximum atomic E-state index is 12.5. The number of rotatable bonds is 4. The third kappa shape index (κ3) is 3.55. The zero-order valence-electron chi connectivity index (χ0n) is 7.90. The van der Waals surface area contributed by atoms with Gasteiger partial charge in [0.1, 0.15) is 5.82 Å². The van der Waals surface area contributed by atoms with Crippen molar-refractivity contribution in [3.63, 3.8) is 0 Å². The van der Waals surface area contributed by atoms with Crippen LogP contribution >= 0.6 is 0 Å². The Balaban J connectivity index is 2.50. The summed E-state index contributed by atoms with van der Waals surface area (Å²) in [5.74, 6) is -0.294. The molecule has 0 spiro atoms. The molecule has 0 saturated carbocycles. The topological polar surface area (TPSA) is 49.7 Å². The summed E-state index contributed by atoms with van der Waals surface area (Å²) in [6, 6.07) is 6.13. The van der Waals surface area contributed by atoms with Gasteiger partial charge < -0.3 is 14.0 Å². The van der Waals surface area contributed by atoms with Crippen LogP contribution in [0, 0.1) is 5.82 Å². The molecule has 5 heteroatoms. The van der Waals surface area contributed by atoms with Crippen molar-refractivity contribution >= 4 is 8.80 Å². The van der Waals surface area contributed by atoms with Crippen molar-refractivity contribution in [2.24, 2.45) is 0 Å². The fourth-order valence-electron chi connectivity index (χ4n) is 1.06. The third-order valence-electron chi connectivity index (χ3n) is 1.98. The van der Waals surface area contributed by atoms with E-state index in [-0.39, 0.29) is 11.9 Å². The van der Waals surface area contributed by atoms with Crippen LogP contribution in [0.5, 0.6) is 0 Å². The van der Waals surface area contributed by atoms with Gasteiger partial charge in [0.05, 0.1) is 0 Å². The molecular weight excluding hydrogens is 203 g/mol. The van der Waals surface area contributed by atoms with Crippen molar-refractivity contribution in [3.05, 3.63) is 35.6 Å². The lowest BCUT2D eigenvalue weighted by Crippen LogP contribution is -2.37. The van der Waals surface area contributed by atoms with Crippen LogP contribution in [0.1, 0.15) is 5.56 Å². The van der Waals surface area contributed by atoms with Crippen LogP contribution < -0.4 is 0 Å². The van der Waals surface area contributed by atoms with E-state index in [0.717, 1.165) is 5.56 Å². The highest BCUT2D eigenvalue weighted by Crippen LogP contribution is 2.10. The van der Waals surface area contributed by atoms with Gasteiger partial charge >= 0.3 is 8.80 Å². The maximum Gasteiger partial charge on any atom is 0.495 e. The summed E-state index contributed by atoms with van der Waals surface area (Å²) in [5, 5.41) is 0. The van der Waals surface area contributed by atoms with Crippen LogP contribution in [0.3, 0.4) is 0 Å². The Morgan fingerprint density at radius 3 is 2.36 bits per heavy atom. The minimum atomic E-state index is -3.47. The van der Waals surface area contributed by atoms with Gasteiger partial charge in [0.15, 0.2) is 0 Å². The maximum absolute atomic E-state index is 12.5. The van der Waals surface area contributed by atoms with Crippen molar-refractivity contribution in [1.29, 1.82) is 0 Å². The van der Waals surface area contributed by atoms with Crippen LogP contribution in [0.25, 0.3) is 0 Å². The van der Waals surface area contributed by atoms with E-state index >= 15 is 0 Å². The Morgan fingerprint density at radius 2 is 1.86 bits per heavy atom. The molecule has 0 saturated heterocycles. The molecule has 0 atom stereocenters. The molecule has 78 valence electrons. The van der Waals surface area contributed by atoms with Crippen molar-refractivity contribution < 1.29 is 18.4 Å². The van der Waals surface area contributed by atoms with Crippen molar-refractivity contribution in [3.8, 4) is 0 Å². The fourth-order valence-corrected chi connectivity index (χ4v) is 1.88. The monoisotopic (exact) mass is 216 g/mol. The quantitative estimate of drug-likeness (QED) is 0.736. The van der Waals surface area contributed by atoms with E-state index in [9.17, 15) is 14.0 Å². The van der Waals surface area contributed by atoms with Gasteiger partial charge in [-0.05, 0) is 24.1 Å². The van der Waals surface area contributed by atoms with Crippen molar-refractivity contribution in [2.75, 3.05) is 7.11 Å². The van der Waals surface area contributed by atoms with E-state index in [2.05, 4.69) is 4.43 Å². The molecule has 3 nitrogen and oxygen atoms in total. The van der Waals surface area contributed by atoms with Gasteiger partial charge in [-0.15, -0.1) is 0 Å². The molecule has 14 heavy (non-hydrogen) atoms.